The van der Waals surface area contributed by atoms with Gasteiger partial charge in [0.05, 0.1) is 5.56 Å². The van der Waals surface area contributed by atoms with Crippen LogP contribution < -0.4 is 16.0 Å². The Hall–Kier alpha value is -2.37. The standard InChI is InChI=1S/C20H22F4N4O.HI/c1-13(29)28-17-7-3-14(4-8-17)9-10-26-19(25-2)27-12-15-5-6-16(21)11-18(15)20(22,23)24;/h3-8,11H,9-10,12H2,1-2H3,(H,28,29)(H2,25,26,27);1H. The minimum atomic E-state index is -4.64. The summed E-state index contributed by atoms with van der Waals surface area (Å²) in [5.41, 5.74) is 0.626. The molecule has 0 atom stereocenters. The molecule has 5 nitrogen and oxygen atoms in total. The zero-order valence-electron chi connectivity index (χ0n) is 16.4. The highest BCUT2D eigenvalue weighted by Gasteiger charge is 2.33. The highest BCUT2D eigenvalue weighted by molar-refractivity contribution is 14.0. The van der Waals surface area contributed by atoms with Gasteiger partial charge in [-0.3, -0.25) is 9.79 Å². The highest BCUT2D eigenvalue weighted by Crippen LogP contribution is 2.32. The van der Waals surface area contributed by atoms with Crippen molar-refractivity contribution in [1.82, 2.24) is 10.6 Å². The van der Waals surface area contributed by atoms with E-state index in [1.807, 2.05) is 12.1 Å². The molecule has 0 aromatic heterocycles. The van der Waals surface area contributed by atoms with Gasteiger partial charge in [0.15, 0.2) is 5.96 Å². The second-order valence-electron chi connectivity index (χ2n) is 6.28. The smallest absolute Gasteiger partial charge is 0.356 e. The van der Waals surface area contributed by atoms with E-state index in [1.54, 1.807) is 12.1 Å². The molecule has 2 rings (SSSR count). The number of hydrogen-bond acceptors (Lipinski definition) is 2. The van der Waals surface area contributed by atoms with Gasteiger partial charge in [0, 0.05) is 32.7 Å². The van der Waals surface area contributed by atoms with E-state index >= 15 is 0 Å². The van der Waals surface area contributed by atoms with Crippen LogP contribution in [0.4, 0.5) is 23.2 Å². The summed E-state index contributed by atoms with van der Waals surface area (Å²) in [5, 5.41) is 8.50. The average molecular weight is 538 g/mol. The zero-order valence-corrected chi connectivity index (χ0v) is 18.8. The van der Waals surface area contributed by atoms with Crippen molar-refractivity contribution in [1.29, 1.82) is 0 Å². The van der Waals surface area contributed by atoms with Crippen LogP contribution in [0, 0.1) is 5.82 Å². The van der Waals surface area contributed by atoms with E-state index in [9.17, 15) is 22.4 Å². The molecule has 0 spiro atoms. The Morgan fingerprint density at radius 1 is 1.07 bits per heavy atom. The Labute approximate surface area is 189 Å². The minimum absolute atomic E-state index is 0. The van der Waals surface area contributed by atoms with E-state index in [1.165, 1.54) is 14.0 Å². The highest BCUT2D eigenvalue weighted by atomic mass is 127. The maximum Gasteiger partial charge on any atom is 0.416 e. The Morgan fingerprint density at radius 2 is 1.73 bits per heavy atom. The maximum absolute atomic E-state index is 13.2. The summed E-state index contributed by atoms with van der Waals surface area (Å²) in [4.78, 5) is 15.0. The summed E-state index contributed by atoms with van der Waals surface area (Å²) in [5.74, 6) is -0.755. The summed E-state index contributed by atoms with van der Waals surface area (Å²) < 4.78 is 52.4. The lowest BCUT2D eigenvalue weighted by Gasteiger charge is -2.16. The minimum Gasteiger partial charge on any atom is -0.356 e. The molecule has 0 bridgehead atoms. The fourth-order valence-corrected chi connectivity index (χ4v) is 2.65. The molecule has 10 heteroatoms. The largest absolute Gasteiger partial charge is 0.416 e. The van der Waals surface area contributed by atoms with Gasteiger partial charge in [-0.15, -0.1) is 24.0 Å². The molecule has 3 N–H and O–H groups in total. The van der Waals surface area contributed by atoms with Crippen molar-refractivity contribution in [3.63, 3.8) is 0 Å². The first-order valence-corrected chi connectivity index (χ1v) is 8.85. The maximum atomic E-state index is 13.2. The Kier molecular flexibility index (Phi) is 10.0. The van der Waals surface area contributed by atoms with Crippen LogP contribution in [0.5, 0.6) is 0 Å². The third kappa shape index (κ3) is 8.17. The van der Waals surface area contributed by atoms with Crippen LogP contribution in [0.25, 0.3) is 0 Å². The Morgan fingerprint density at radius 3 is 2.30 bits per heavy atom. The average Bonchev–Trinajstić information content (AvgIpc) is 2.65. The normalized spacial score (nSPS) is 11.5. The fraction of sp³-hybridized carbons (Fsp3) is 0.300. The van der Waals surface area contributed by atoms with Crippen molar-refractivity contribution < 1.29 is 22.4 Å². The number of alkyl halides is 3. The van der Waals surface area contributed by atoms with Gasteiger partial charge in [-0.1, -0.05) is 18.2 Å². The number of anilines is 1. The van der Waals surface area contributed by atoms with Gasteiger partial charge in [-0.05, 0) is 41.8 Å². The summed E-state index contributed by atoms with van der Waals surface area (Å²) in [6, 6.07) is 9.91. The van der Waals surface area contributed by atoms with Crippen LogP contribution in [0.2, 0.25) is 0 Å². The molecule has 0 aliphatic heterocycles. The molecule has 0 fully saturated rings. The Bertz CT molecular complexity index is 870. The fourth-order valence-electron chi connectivity index (χ4n) is 2.65. The van der Waals surface area contributed by atoms with Gasteiger partial charge < -0.3 is 16.0 Å². The molecule has 0 saturated carbocycles. The molecule has 0 saturated heterocycles. The number of amides is 1. The predicted octanol–water partition coefficient (Wildman–Crippen LogP) is 4.33. The second kappa shape index (κ2) is 11.7. The topological polar surface area (TPSA) is 65.5 Å². The first-order valence-electron chi connectivity index (χ1n) is 8.85. The third-order valence-electron chi connectivity index (χ3n) is 4.03. The molecule has 0 aliphatic rings. The number of guanidine groups is 1. The molecule has 0 aliphatic carbocycles. The lowest BCUT2D eigenvalue weighted by Crippen LogP contribution is -2.38. The summed E-state index contributed by atoms with van der Waals surface area (Å²) in [6.45, 7) is 1.77. The monoisotopic (exact) mass is 538 g/mol. The van der Waals surface area contributed by atoms with Gasteiger partial charge in [-0.2, -0.15) is 13.2 Å². The molecule has 164 valence electrons. The van der Waals surface area contributed by atoms with Crippen LogP contribution in [-0.2, 0) is 23.9 Å². The number of rotatable bonds is 6. The van der Waals surface area contributed by atoms with Crippen LogP contribution in [0.15, 0.2) is 47.5 Å². The van der Waals surface area contributed by atoms with Gasteiger partial charge in [0.1, 0.15) is 5.82 Å². The quantitative estimate of drug-likeness (QED) is 0.222. The van der Waals surface area contributed by atoms with Crippen molar-refractivity contribution in [2.24, 2.45) is 4.99 Å². The molecular weight excluding hydrogens is 515 g/mol. The van der Waals surface area contributed by atoms with E-state index < -0.39 is 17.6 Å². The van der Waals surface area contributed by atoms with Crippen molar-refractivity contribution >= 4 is 41.5 Å². The van der Waals surface area contributed by atoms with E-state index in [0.29, 0.717) is 30.7 Å². The van der Waals surface area contributed by atoms with Gasteiger partial charge in [0.25, 0.3) is 0 Å². The van der Waals surface area contributed by atoms with Crippen molar-refractivity contribution in [2.45, 2.75) is 26.1 Å². The number of nitrogens with zero attached hydrogens (tertiary/aromatic N) is 1. The molecular formula is C20H23F4IN4O. The first kappa shape index (κ1) is 25.7. The van der Waals surface area contributed by atoms with Crippen LogP contribution in [0.3, 0.4) is 0 Å². The number of carbonyl (C=O) groups excluding carboxylic acids is 1. The third-order valence-corrected chi connectivity index (χ3v) is 4.03. The van der Waals surface area contributed by atoms with E-state index in [4.69, 9.17) is 0 Å². The van der Waals surface area contributed by atoms with Crippen molar-refractivity contribution in [2.75, 3.05) is 18.9 Å². The number of benzene rings is 2. The SMILES string of the molecule is CN=C(NCCc1ccc(NC(C)=O)cc1)NCc1ccc(F)cc1C(F)(F)F.I. The summed E-state index contributed by atoms with van der Waals surface area (Å²) in [7, 11) is 1.51. The van der Waals surface area contributed by atoms with Crippen molar-refractivity contribution in [3.8, 4) is 0 Å². The van der Waals surface area contributed by atoms with Gasteiger partial charge in [-0.25, -0.2) is 4.39 Å². The molecule has 0 heterocycles. The molecule has 0 radical (unpaired) electrons. The number of hydrogen-bond donors (Lipinski definition) is 3. The molecule has 1 amide bonds. The lowest BCUT2D eigenvalue weighted by atomic mass is 10.1. The number of nitrogens with one attached hydrogen (secondary N) is 3. The van der Waals surface area contributed by atoms with E-state index in [0.717, 1.165) is 17.7 Å². The van der Waals surface area contributed by atoms with Crippen LogP contribution in [-0.4, -0.2) is 25.5 Å². The van der Waals surface area contributed by atoms with Crippen LogP contribution >= 0.6 is 24.0 Å². The molecule has 0 unspecified atom stereocenters. The van der Waals surface area contributed by atoms with Crippen LogP contribution in [0.1, 0.15) is 23.6 Å². The number of aliphatic imine (C=N–C) groups is 1. The second-order valence-corrected chi connectivity index (χ2v) is 6.28. The number of carbonyl (C=O) groups is 1. The first-order chi connectivity index (χ1) is 13.7. The van der Waals surface area contributed by atoms with Crippen molar-refractivity contribution in [3.05, 3.63) is 65.0 Å². The van der Waals surface area contributed by atoms with E-state index in [2.05, 4.69) is 20.9 Å². The summed E-state index contributed by atoms with van der Waals surface area (Å²) in [6.07, 6.45) is -4.00. The predicted molar refractivity (Wildman–Crippen MR) is 119 cm³/mol. The molecule has 2 aromatic rings. The van der Waals surface area contributed by atoms with Gasteiger partial charge >= 0.3 is 6.18 Å². The molecule has 30 heavy (non-hydrogen) atoms. The zero-order chi connectivity index (χ0) is 21.4. The lowest BCUT2D eigenvalue weighted by molar-refractivity contribution is -0.138. The summed E-state index contributed by atoms with van der Waals surface area (Å²) >= 11 is 0. The molecule has 2 aromatic carbocycles. The Balaban J connectivity index is 0.00000450. The number of halogens is 5. The van der Waals surface area contributed by atoms with E-state index in [-0.39, 0.29) is 42.0 Å². The van der Waals surface area contributed by atoms with Gasteiger partial charge in [0.2, 0.25) is 5.91 Å².